The van der Waals surface area contributed by atoms with Crippen molar-refractivity contribution < 1.29 is 5.11 Å². The molecule has 1 fully saturated rings. The highest BCUT2D eigenvalue weighted by Gasteiger charge is 2.23. The van der Waals surface area contributed by atoms with Crippen LogP contribution in [0.2, 0.25) is 0 Å². The smallest absolute Gasteiger partial charge is 0.131 e. The molecule has 1 heterocycles. The van der Waals surface area contributed by atoms with Crippen LogP contribution in [0.25, 0.3) is 10.1 Å². The Balaban J connectivity index is 1.50. The number of benzene rings is 1. The van der Waals surface area contributed by atoms with Crippen molar-refractivity contribution in [3.8, 4) is 0 Å². The second kappa shape index (κ2) is 11.2. The van der Waals surface area contributed by atoms with Crippen LogP contribution in [0.1, 0.15) is 50.5 Å². The van der Waals surface area contributed by atoms with Crippen LogP contribution in [0.3, 0.4) is 0 Å². The second-order valence-electron chi connectivity index (χ2n) is 7.73. The van der Waals surface area contributed by atoms with E-state index in [4.69, 9.17) is 22.7 Å². The summed E-state index contributed by atoms with van der Waals surface area (Å²) < 4.78 is 1.10. The Kier molecular flexibility index (Phi) is 8.63. The quantitative estimate of drug-likeness (QED) is 0.367. The number of nitrogens with two attached hydrogens (primary N) is 1. The molecule has 3 rings (SSSR count). The number of aliphatic hydroxyl groups excluding tert-OH is 1. The minimum absolute atomic E-state index is 0.0430. The molecular weight excluding hydrogens is 404 g/mol. The Morgan fingerprint density at radius 3 is 2.72 bits per heavy atom. The van der Waals surface area contributed by atoms with E-state index in [0.717, 1.165) is 78.7 Å². The fourth-order valence-corrected chi connectivity index (χ4v) is 5.43. The lowest BCUT2D eigenvalue weighted by Gasteiger charge is -2.35. The second-order valence-corrected chi connectivity index (χ2v) is 9.14. The van der Waals surface area contributed by atoms with Gasteiger partial charge in [0.15, 0.2) is 0 Å². The fourth-order valence-electron chi connectivity index (χ4n) is 4.11. The van der Waals surface area contributed by atoms with Gasteiger partial charge in [-0.05, 0) is 57.6 Å². The van der Waals surface area contributed by atoms with Crippen LogP contribution < -0.4 is 5.73 Å². The van der Waals surface area contributed by atoms with Gasteiger partial charge in [-0.1, -0.05) is 29.8 Å². The Bertz CT molecular complexity index is 829. The van der Waals surface area contributed by atoms with E-state index in [0.29, 0.717) is 12.1 Å². The molecule has 7 heteroatoms. The summed E-state index contributed by atoms with van der Waals surface area (Å²) in [5, 5.41) is 19.1. The van der Waals surface area contributed by atoms with Gasteiger partial charge in [0, 0.05) is 34.9 Å². The molecule has 1 aromatic carbocycles. The number of halogens is 1. The van der Waals surface area contributed by atoms with Crippen LogP contribution in [0, 0.1) is 5.41 Å². The zero-order valence-electron chi connectivity index (χ0n) is 16.8. The van der Waals surface area contributed by atoms with Crippen molar-refractivity contribution >= 4 is 49.4 Å². The number of nitrogens with zero attached hydrogens (tertiary/aromatic N) is 2. The number of nitrogens with one attached hydrogen (secondary N) is 1. The van der Waals surface area contributed by atoms with Gasteiger partial charge in [-0.2, -0.15) is 0 Å². The molecule has 2 aromatic rings. The van der Waals surface area contributed by atoms with Crippen molar-refractivity contribution in [2.45, 2.75) is 57.0 Å². The molecule has 0 amide bonds. The van der Waals surface area contributed by atoms with E-state index in [1.54, 1.807) is 11.3 Å². The highest BCUT2D eigenvalue weighted by atomic mass is 35.5. The lowest BCUT2D eigenvalue weighted by Crippen LogP contribution is -2.42. The number of rotatable bonds is 10. The summed E-state index contributed by atoms with van der Waals surface area (Å²) in [5.41, 5.74) is 6.75. The van der Waals surface area contributed by atoms with Gasteiger partial charge in [-0.15, -0.1) is 11.3 Å². The molecule has 1 aromatic heterocycles. The van der Waals surface area contributed by atoms with Gasteiger partial charge in [-0.3, -0.25) is 10.3 Å². The SMILES string of the molecule is N=C(Cl)c1c(/N=C\CCCCN(CCO)[C@H]2CC[C@H](N)CC2)sc2ccccc12. The molecular formula is C22H31ClN4OS. The molecule has 0 aliphatic heterocycles. The molecule has 1 saturated carbocycles. The lowest BCUT2D eigenvalue weighted by molar-refractivity contribution is 0.118. The summed E-state index contributed by atoms with van der Waals surface area (Å²) in [5.74, 6) is 0. The van der Waals surface area contributed by atoms with E-state index in [-0.39, 0.29) is 11.8 Å². The Hall–Kier alpha value is -1.31. The van der Waals surface area contributed by atoms with Gasteiger partial charge in [0.2, 0.25) is 0 Å². The van der Waals surface area contributed by atoms with E-state index in [1.165, 1.54) is 0 Å². The number of unbranched alkanes of at least 4 members (excludes halogenated alkanes) is 2. The van der Waals surface area contributed by atoms with Gasteiger partial charge in [0.25, 0.3) is 0 Å². The van der Waals surface area contributed by atoms with Crippen molar-refractivity contribution in [1.82, 2.24) is 4.90 Å². The third-order valence-corrected chi connectivity index (χ3v) is 6.95. The van der Waals surface area contributed by atoms with E-state index < -0.39 is 0 Å². The normalized spacial score (nSPS) is 20.1. The largest absolute Gasteiger partial charge is 0.395 e. The number of hydrogen-bond acceptors (Lipinski definition) is 6. The maximum atomic E-state index is 9.40. The van der Waals surface area contributed by atoms with E-state index in [2.05, 4.69) is 9.89 Å². The molecule has 0 saturated heterocycles. The third-order valence-electron chi connectivity index (χ3n) is 5.68. The zero-order chi connectivity index (χ0) is 20.6. The first-order valence-corrected chi connectivity index (χ1v) is 11.7. The van der Waals surface area contributed by atoms with Gasteiger partial charge in [0.05, 0.1) is 12.2 Å². The predicted octanol–water partition coefficient (Wildman–Crippen LogP) is 4.90. The molecule has 0 radical (unpaired) electrons. The molecule has 1 aliphatic rings. The van der Waals surface area contributed by atoms with Crippen LogP contribution >= 0.6 is 22.9 Å². The number of fused-ring (bicyclic) bond motifs is 1. The molecule has 158 valence electrons. The standard InChI is InChI=1S/C22H31ClN4OS/c23-21(25)20-18-6-2-3-7-19(18)29-22(20)26-12-4-1-5-13-27(14-15-28)17-10-8-16(24)9-11-17/h2-3,6-7,12,16-17,25,28H,1,4-5,8-11,13-15,24H2/b25-21?,26-12-/t16-,17-. The third kappa shape index (κ3) is 6.09. The van der Waals surface area contributed by atoms with Crippen LogP contribution in [-0.4, -0.2) is 53.2 Å². The number of aliphatic imine (C=N–C) groups is 1. The summed E-state index contributed by atoms with van der Waals surface area (Å²) in [6, 6.07) is 8.90. The molecule has 4 N–H and O–H groups in total. The molecule has 0 spiro atoms. The van der Waals surface area contributed by atoms with Gasteiger partial charge in [-0.25, -0.2) is 4.99 Å². The molecule has 1 aliphatic carbocycles. The lowest BCUT2D eigenvalue weighted by atomic mass is 9.90. The van der Waals surface area contributed by atoms with Gasteiger partial charge >= 0.3 is 0 Å². The average molecular weight is 435 g/mol. The highest BCUT2D eigenvalue weighted by molar-refractivity contribution is 7.23. The number of aliphatic hydroxyl groups is 1. The average Bonchev–Trinajstić information content (AvgIpc) is 3.09. The Labute approximate surface area is 182 Å². The molecule has 0 unspecified atom stereocenters. The van der Waals surface area contributed by atoms with Crippen molar-refractivity contribution in [3.63, 3.8) is 0 Å². The summed E-state index contributed by atoms with van der Waals surface area (Å²) in [7, 11) is 0. The molecule has 0 bridgehead atoms. The maximum Gasteiger partial charge on any atom is 0.131 e. The predicted molar refractivity (Wildman–Crippen MR) is 125 cm³/mol. The monoisotopic (exact) mass is 434 g/mol. The molecule has 5 nitrogen and oxygen atoms in total. The molecule has 29 heavy (non-hydrogen) atoms. The van der Waals surface area contributed by atoms with Crippen molar-refractivity contribution in [1.29, 1.82) is 5.41 Å². The first-order chi connectivity index (χ1) is 14.1. The summed E-state index contributed by atoms with van der Waals surface area (Å²) in [6.07, 6.45) is 9.44. The number of thiophene rings is 1. The van der Waals surface area contributed by atoms with Crippen LogP contribution in [0.5, 0.6) is 0 Å². The fraction of sp³-hybridized carbons (Fsp3) is 0.545. The topological polar surface area (TPSA) is 85.7 Å². The summed E-state index contributed by atoms with van der Waals surface area (Å²) in [6.45, 7) is 1.97. The van der Waals surface area contributed by atoms with E-state index in [9.17, 15) is 5.11 Å². The van der Waals surface area contributed by atoms with Crippen molar-refractivity contribution in [2.24, 2.45) is 10.7 Å². The first-order valence-electron chi connectivity index (χ1n) is 10.5. The van der Waals surface area contributed by atoms with E-state index >= 15 is 0 Å². The summed E-state index contributed by atoms with van der Waals surface area (Å²) >= 11 is 7.60. The first kappa shape index (κ1) is 22.4. The maximum absolute atomic E-state index is 9.40. The van der Waals surface area contributed by atoms with Crippen LogP contribution in [0.15, 0.2) is 29.3 Å². The van der Waals surface area contributed by atoms with Crippen molar-refractivity contribution in [3.05, 3.63) is 29.8 Å². The zero-order valence-corrected chi connectivity index (χ0v) is 18.4. The Morgan fingerprint density at radius 1 is 1.24 bits per heavy atom. The molecule has 0 atom stereocenters. The summed E-state index contributed by atoms with van der Waals surface area (Å²) in [4.78, 5) is 7.05. The van der Waals surface area contributed by atoms with Gasteiger partial charge in [0.1, 0.15) is 10.2 Å². The van der Waals surface area contributed by atoms with Gasteiger partial charge < -0.3 is 10.8 Å². The number of hydrogen-bond donors (Lipinski definition) is 3. The minimum atomic E-state index is 0.0430. The van der Waals surface area contributed by atoms with E-state index in [1.807, 2.05) is 30.5 Å². The van der Waals surface area contributed by atoms with Crippen LogP contribution in [-0.2, 0) is 0 Å². The Morgan fingerprint density at radius 2 is 2.00 bits per heavy atom. The highest BCUT2D eigenvalue weighted by Crippen LogP contribution is 2.38. The van der Waals surface area contributed by atoms with Crippen LogP contribution in [0.4, 0.5) is 5.00 Å². The van der Waals surface area contributed by atoms with Crippen molar-refractivity contribution in [2.75, 3.05) is 19.7 Å². The minimum Gasteiger partial charge on any atom is -0.395 e.